The van der Waals surface area contributed by atoms with E-state index in [2.05, 4.69) is 15.5 Å². The summed E-state index contributed by atoms with van der Waals surface area (Å²) < 4.78 is 26.5. The van der Waals surface area contributed by atoms with Gasteiger partial charge in [-0.1, -0.05) is 0 Å². The molecule has 2 N–H and O–H groups in total. The number of piperidine rings is 1. The maximum absolute atomic E-state index is 13.4. The standard InChI is InChI=1S/C20H28F2N4O/c21-18-4-3-17(11-19(18)22)26-8-5-14(13-26)12-23-20(27)24-15-6-9-25(10-7-15)16-1-2-16/h3-4,11,14-16H,1-2,5-10,12-13H2,(H2,23,24,27). The Kier molecular flexibility index (Phi) is 5.48. The van der Waals surface area contributed by atoms with Crippen LogP contribution in [0.5, 0.6) is 0 Å². The third-order valence-electron chi connectivity index (χ3n) is 6.03. The van der Waals surface area contributed by atoms with Crippen LogP contribution in [-0.4, -0.2) is 55.7 Å². The number of likely N-dealkylation sites (tertiary alicyclic amines) is 1. The molecule has 148 valence electrons. The van der Waals surface area contributed by atoms with Crippen molar-refractivity contribution in [3.05, 3.63) is 29.8 Å². The highest BCUT2D eigenvalue weighted by molar-refractivity contribution is 5.74. The summed E-state index contributed by atoms with van der Waals surface area (Å²) in [7, 11) is 0. The summed E-state index contributed by atoms with van der Waals surface area (Å²) in [5, 5.41) is 6.08. The van der Waals surface area contributed by atoms with Gasteiger partial charge in [0.1, 0.15) is 0 Å². The fraction of sp³-hybridized carbons (Fsp3) is 0.650. The highest BCUT2D eigenvalue weighted by Crippen LogP contribution is 2.29. The molecule has 1 aromatic rings. The predicted molar refractivity (Wildman–Crippen MR) is 101 cm³/mol. The van der Waals surface area contributed by atoms with Crippen molar-refractivity contribution in [2.45, 2.75) is 44.2 Å². The van der Waals surface area contributed by atoms with Crippen LogP contribution in [0.25, 0.3) is 0 Å². The highest BCUT2D eigenvalue weighted by Gasteiger charge is 2.32. The van der Waals surface area contributed by atoms with Crippen molar-refractivity contribution in [1.29, 1.82) is 0 Å². The van der Waals surface area contributed by atoms with E-state index in [-0.39, 0.29) is 12.1 Å². The molecule has 1 saturated carbocycles. The van der Waals surface area contributed by atoms with E-state index in [4.69, 9.17) is 0 Å². The molecule has 0 aromatic heterocycles. The lowest BCUT2D eigenvalue weighted by molar-refractivity contribution is 0.185. The van der Waals surface area contributed by atoms with Crippen LogP contribution in [0.1, 0.15) is 32.1 Å². The highest BCUT2D eigenvalue weighted by atomic mass is 19.2. The molecule has 3 fully saturated rings. The second-order valence-corrected chi connectivity index (χ2v) is 8.09. The van der Waals surface area contributed by atoms with Gasteiger partial charge in [0.05, 0.1) is 0 Å². The summed E-state index contributed by atoms with van der Waals surface area (Å²) >= 11 is 0. The Hall–Kier alpha value is -1.89. The number of benzene rings is 1. The van der Waals surface area contributed by atoms with E-state index in [1.54, 1.807) is 6.07 Å². The number of halogens is 2. The van der Waals surface area contributed by atoms with Gasteiger partial charge in [-0.2, -0.15) is 0 Å². The Bertz CT molecular complexity index is 674. The summed E-state index contributed by atoms with van der Waals surface area (Å²) in [5.74, 6) is -1.32. The number of urea groups is 1. The number of anilines is 1. The average molecular weight is 378 g/mol. The van der Waals surface area contributed by atoms with Gasteiger partial charge < -0.3 is 20.4 Å². The summed E-state index contributed by atoms with van der Waals surface area (Å²) in [6.07, 6.45) is 5.65. The van der Waals surface area contributed by atoms with E-state index >= 15 is 0 Å². The van der Waals surface area contributed by atoms with Crippen LogP contribution in [-0.2, 0) is 0 Å². The molecule has 1 aliphatic carbocycles. The lowest BCUT2D eigenvalue weighted by Gasteiger charge is -2.32. The number of rotatable bonds is 5. The lowest BCUT2D eigenvalue weighted by atomic mass is 10.1. The lowest BCUT2D eigenvalue weighted by Crippen LogP contribution is -2.49. The second kappa shape index (κ2) is 8.00. The summed E-state index contributed by atoms with van der Waals surface area (Å²) in [4.78, 5) is 16.8. The smallest absolute Gasteiger partial charge is 0.315 e. The maximum Gasteiger partial charge on any atom is 0.315 e. The second-order valence-electron chi connectivity index (χ2n) is 8.09. The maximum atomic E-state index is 13.4. The van der Waals surface area contributed by atoms with Gasteiger partial charge in [-0.05, 0) is 50.2 Å². The molecular weight excluding hydrogens is 350 g/mol. The van der Waals surface area contributed by atoms with Crippen molar-refractivity contribution in [1.82, 2.24) is 15.5 Å². The molecule has 2 amide bonds. The third kappa shape index (κ3) is 4.69. The number of amides is 2. The molecule has 0 bridgehead atoms. The van der Waals surface area contributed by atoms with Gasteiger partial charge in [-0.25, -0.2) is 13.6 Å². The quantitative estimate of drug-likeness (QED) is 0.828. The Morgan fingerprint density at radius 3 is 2.52 bits per heavy atom. The summed E-state index contributed by atoms with van der Waals surface area (Å²) in [6, 6.07) is 4.99. The minimum Gasteiger partial charge on any atom is -0.371 e. The number of nitrogens with one attached hydrogen (secondary N) is 2. The number of nitrogens with zero attached hydrogens (tertiary/aromatic N) is 2. The van der Waals surface area contributed by atoms with Crippen molar-refractivity contribution in [3.8, 4) is 0 Å². The summed E-state index contributed by atoms with van der Waals surface area (Å²) in [5.41, 5.74) is 0.697. The average Bonchev–Trinajstić information content (AvgIpc) is 3.41. The van der Waals surface area contributed by atoms with Crippen molar-refractivity contribution < 1.29 is 13.6 Å². The zero-order valence-electron chi connectivity index (χ0n) is 15.6. The van der Waals surface area contributed by atoms with Gasteiger partial charge in [0, 0.05) is 56.6 Å². The van der Waals surface area contributed by atoms with Crippen molar-refractivity contribution in [2.75, 3.05) is 37.6 Å². The fourth-order valence-corrected chi connectivity index (χ4v) is 4.24. The van der Waals surface area contributed by atoms with Crippen molar-refractivity contribution in [2.24, 2.45) is 5.92 Å². The van der Waals surface area contributed by atoms with Crippen LogP contribution >= 0.6 is 0 Å². The molecule has 2 aliphatic heterocycles. The molecule has 2 heterocycles. The first-order chi connectivity index (χ1) is 13.1. The van der Waals surface area contributed by atoms with Gasteiger partial charge in [-0.3, -0.25) is 0 Å². The van der Waals surface area contributed by atoms with E-state index in [0.29, 0.717) is 18.2 Å². The molecule has 0 spiro atoms. The molecule has 1 aromatic carbocycles. The van der Waals surface area contributed by atoms with Gasteiger partial charge in [0.2, 0.25) is 0 Å². The molecule has 4 rings (SSSR count). The molecule has 27 heavy (non-hydrogen) atoms. The molecule has 5 nitrogen and oxygen atoms in total. The number of carbonyl (C=O) groups is 1. The van der Waals surface area contributed by atoms with Gasteiger partial charge in [0.25, 0.3) is 0 Å². The number of carbonyl (C=O) groups excluding carboxylic acids is 1. The molecular formula is C20H28F2N4O. The molecule has 3 aliphatic rings. The Morgan fingerprint density at radius 1 is 1.04 bits per heavy atom. The van der Waals surface area contributed by atoms with E-state index in [0.717, 1.165) is 57.5 Å². The van der Waals surface area contributed by atoms with Gasteiger partial charge in [-0.15, -0.1) is 0 Å². The minimum atomic E-state index is -0.823. The Morgan fingerprint density at radius 2 is 1.81 bits per heavy atom. The SMILES string of the molecule is O=C(NCC1CCN(c2ccc(F)c(F)c2)C1)NC1CCN(C2CC2)CC1. The fourth-order valence-electron chi connectivity index (χ4n) is 4.24. The van der Waals surface area contributed by atoms with Crippen LogP contribution < -0.4 is 15.5 Å². The van der Waals surface area contributed by atoms with Crippen LogP contribution in [0, 0.1) is 17.6 Å². The Balaban J connectivity index is 1.17. The van der Waals surface area contributed by atoms with E-state index in [9.17, 15) is 13.6 Å². The monoisotopic (exact) mass is 378 g/mol. The molecule has 2 saturated heterocycles. The van der Waals surface area contributed by atoms with Crippen molar-refractivity contribution >= 4 is 11.7 Å². The number of hydrogen-bond acceptors (Lipinski definition) is 3. The molecule has 1 unspecified atom stereocenters. The van der Waals surface area contributed by atoms with E-state index < -0.39 is 11.6 Å². The summed E-state index contributed by atoms with van der Waals surface area (Å²) in [6.45, 7) is 4.31. The minimum absolute atomic E-state index is 0.0915. The topological polar surface area (TPSA) is 47.6 Å². The first kappa shape index (κ1) is 18.5. The first-order valence-corrected chi connectivity index (χ1v) is 10.1. The van der Waals surface area contributed by atoms with Crippen LogP contribution in [0.3, 0.4) is 0 Å². The zero-order chi connectivity index (χ0) is 18.8. The van der Waals surface area contributed by atoms with Crippen LogP contribution in [0.15, 0.2) is 18.2 Å². The van der Waals surface area contributed by atoms with Gasteiger partial charge in [0.15, 0.2) is 11.6 Å². The van der Waals surface area contributed by atoms with Gasteiger partial charge >= 0.3 is 6.03 Å². The largest absolute Gasteiger partial charge is 0.371 e. The van der Waals surface area contributed by atoms with Crippen LogP contribution in [0.4, 0.5) is 19.3 Å². The van der Waals surface area contributed by atoms with E-state index in [1.165, 1.54) is 18.9 Å². The molecule has 1 atom stereocenters. The number of hydrogen-bond donors (Lipinski definition) is 2. The molecule has 0 radical (unpaired) electrons. The van der Waals surface area contributed by atoms with E-state index in [1.807, 2.05) is 4.90 Å². The molecule has 7 heteroatoms. The normalized spacial score (nSPS) is 24.2. The van der Waals surface area contributed by atoms with Crippen molar-refractivity contribution in [3.63, 3.8) is 0 Å². The Labute approximate surface area is 159 Å². The predicted octanol–water partition coefficient (Wildman–Crippen LogP) is 2.72. The third-order valence-corrected chi connectivity index (χ3v) is 6.03. The zero-order valence-corrected chi connectivity index (χ0v) is 15.6. The first-order valence-electron chi connectivity index (χ1n) is 10.1. The van der Waals surface area contributed by atoms with Crippen LogP contribution in [0.2, 0.25) is 0 Å².